The van der Waals surface area contributed by atoms with Gasteiger partial charge in [0.1, 0.15) is 6.29 Å². The summed E-state index contributed by atoms with van der Waals surface area (Å²) >= 11 is 0. The molecule has 1 aliphatic heterocycles. The maximum atomic E-state index is 12.8. The fourth-order valence-electron chi connectivity index (χ4n) is 4.22. The minimum absolute atomic E-state index is 0.0598. The zero-order chi connectivity index (χ0) is 30.9. The molecule has 1 aromatic carbocycles. The highest BCUT2D eigenvalue weighted by molar-refractivity contribution is 5.80. The average Bonchev–Trinajstić information content (AvgIpc) is 2.93. The number of amides is 2. The molecule has 1 aliphatic rings. The van der Waals surface area contributed by atoms with Crippen molar-refractivity contribution in [2.75, 3.05) is 78.5 Å². The molecule has 6 N–H and O–H groups in total. The van der Waals surface area contributed by atoms with E-state index >= 15 is 0 Å². The summed E-state index contributed by atoms with van der Waals surface area (Å²) in [7, 11) is 0. The highest BCUT2D eigenvalue weighted by Crippen LogP contribution is 2.06. The molecule has 0 radical (unpaired) electrons. The van der Waals surface area contributed by atoms with Gasteiger partial charge in [0.15, 0.2) is 0 Å². The summed E-state index contributed by atoms with van der Waals surface area (Å²) in [6, 6.07) is 6.64. The van der Waals surface area contributed by atoms with E-state index < -0.39 is 23.9 Å². The third kappa shape index (κ3) is 14.4. The van der Waals surface area contributed by atoms with Crippen LogP contribution in [0.2, 0.25) is 0 Å². The van der Waals surface area contributed by atoms with Crippen LogP contribution in [0.1, 0.15) is 18.1 Å². The number of nitrogens with zero attached hydrogens (tertiary/aromatic N) is 4. The monoisotopic (exact) mass is 593 g/mol. The van der Waals surface area contributed by atoms with Gasteiger partial charge in [0.05, 0.1) is 38.8 Å². The summed E-state index contributed by atoms with van der Waals surface area (Å²) in [6.45, 7) is 5.24. The highest BCUT2D eigenvalue weighted by Gasteiger charge is 2.20. The molecule has 15 nitrogen and oxygen atoms in total. The van der Waals surface area contributed by atoms with Crippen molar-refractivity contribution in [1.82, 2.24) is 30.4 Å². The zero-order valence-electron chi connectivity index (χ0n) is 24.1. The van der Waals surface area contributed by atoms with Crippen LogP contribution in [-0.2, 0) is 42.0 Å². The zero-order valence-corrected chi connectivity index (χ0v) is 24.1. The number of hydrogen-bond donors (Lipinski definition) is 5. The second kappa shape index (κ2) is 18.9. The molecule has 1 heterocycles. The van der Waals surface area contributed by atoms with Crippen molar-refractivity contribution >= 4 is 30.0 Å². The summed E-state index contributed by atoms with van der Waals surface area (Å²) in [6.07, 6.45) is 0.782. The first-order valence-electron chi connectivity index (χ1n) is 13.8. The molecule has 0 spiro atoms. The molecular formula is C27H43N7O8. The largest absolute Gasteiger partial charge is 0.480 e. The number of carbonyl (C=O) groups is 5. The summed E-state index contributed by atoms with van der Waals surface area (Å²) in [4.78, 5) is 70.7. The Balaban J connectivity index is 1.96. The average molecular weight is 594 g/mol. The quantitative estimate of drug-likeness (QED) is 0.115. The SMILES string of the molecule is CC(N)C(=O)NOCc1ccc(CNC(=O)CN2CCN(CC(=O)O)CCN(CC=O)CCN(CC(=O)O)CC2)cc1. The predicted octanol–water partition coefficient (Wildman–Crippen LogP) is -2.21. The fraction of sp³-hybridized carbons (Fsp3) is 0.593. The number of benzene rings is 1. The Hall–Kier alpha value is -3.47. The van der Waals surface area contributed by atoms with Crippen LogP contribution in [0, 0.1) is 0 Å². The van der Waals surface area contributed by atoms with E-state index in [0.717, 1.165) is 17.4 Å². The Morgan fingerprint density at radius 2 is 1.29 bits per heavy atom. The van der Waals surface area contributed by atoms with E-state index in [1.54, 1.807) is 16.7 Å². The van der Waals surface area contributed by atoms with Gasteiger partial charge in [0.25, 0.3) is 5.91 Å². The number of aliphatic carboxylic acids is 2. The summed E-state index contributed by atoms with van der Waals surface area (Å²) in [5.74, 6) is -2.57. The first kappa shape index (κ1) is 34.7. The minimum Gasteiger partial charge on any atom is -0.480 e. The molecule has 1 unspecified atom stereocenters. The number of nitrogens with one attached hydrogen (secondary N) is 2. The maximum Gasteiger partial charge on any atom is 0.317 e. The van der Waals surface area contributed by atoms with Crippen LogP contribution in [-0.4, -0.2) is 144 Å². The number of carboxylic acid groups (broad SMARTS) is 2. The molecule has 15 heteroatoms. The highest BCUT2D eigenvalue weighted by atomic mass is 16.6. The summed E-state index contributed by atoms with van der Waals surface area (Å²) < 4.78 is 0. The van der Waals surface area contributed by atoms with Gasteiger partial charge in [-0.25, -0.2) is 5.48 Å². The van der Waals surface area contributed by atoms with Crippen LogP contribution >= 0.6 is 0 Å². The number of aldehydes is 1. The standard InChI is InChI=1S/C27H43N7O8/c1-21(28)27(41)30-42-20-23-4-2-22(3-5-23)16-29-24(36)17-32-10-12-33(18-25(37)38)8-6-31(14-15-35)7-9-34(13-11-32)19-26(39)40/h2-5,15,21H,6-14,16-20,28H2,1H3,(H,29,36)(H,30,41)(H,37,38)(H,39,40). The minimum atomic E-state index is -0.964. The molecule has 1 fully saturated rings. The topological polar surface area (TPSA) is 198 Å². The third-order valence-electron chi connectivity index (χ3n) is 6.69. The van der Waals surface area contributed by atoms with E-state index in [2.05, 4.69) is 10.8 Å². The molecule has 2 amide bonds. The van der Waals surface area contributed by atoms with Crippen molar-refractivity contribution in [3.05, 3.63) is 35.4 Å². The van der Waals surface area contributed by atoms with Gasteiger partial charge < -0.3 is 26.1 Å². The normalized spacial score (nSPS) is 17.4. The lowest BCUT2D eigenvalue weighted by molar-refractivity contribution is -0.139. The van der Waals surface area contributed by atoms with Crippen LogP contribution in [0.25, 0.3) is 0 Å². The lowest BCUT2D eigenvalue weighted by Crippen LogP contribution is -2.49. The first-order valence-corrected chi connectivity index (χ1v) is 13.8. The van der Waals surface area contributed by atoms with Crippen molar-refractivity contribution in [2.24, 2.45) is 5.73 Å². The number of rotatable bonds is 14. The van der Waals surface area contributed by atoms with Gasteiger partial charge in [-0.15, -0.1) is 0 Å². The number of nitrogens with two attached hydrogens (primary N) is 1. The molecule has 1 saturated heterocycles. The van der Waals surface area contributed by atoms with Crippen molar-refractivity contribution in [1.29, 1.82) is 0 Å². The number of carboxylic acids is 2. The van der Waals surface area contributed by atoms with Gasteiger partial charge in [-0.2, -0.15) is 0 Å². The molecule has 0 aromatic heterocycles. The van der Waals surface area contributed by atoms with Crippen LogP contribution in [0.3, 0.4) is 0 Å². The Labute approximate surface area is 245 Å². The molecule has 234 valence electrons. The Kier molecular flexibility index (Phi) is 15.6. The van der Waals surface area contributed by atoms with Crippen LogP contribution in [0.5, 0.6) is 0 Å². The molecule has 42 heavy (non-hydrogen) atoms. The van der Waals surface area contributed by atoms with E-state index in [-0.39, 0.29) is 45.2 Å². The molecule has 2 rings (SSSR count). The van der Waals surface area contributed by atoms with Gasteiger partial charge in [-0.3, -0.25) is 43.6 Å². The molecule has 0 saturated carbocycles. The first-order chi connectivity index (χ1) is 20.0. The van der Waals surface area contributed by atoms with E-state index in [1.807, 2.05) is 34.1 Å². The Bertz CT molecular complexity index is 992. The fourth-order valence-corrected chi connectivity index (χ4v) is 4.22. The maximum absolute atomic E-state index is 12.8. The lowest BCUT2D eigenvalue weighted by atomic mass is 10.1. The van der Waals surface area contributed by atoms with Crippen LogP contribution < -0.4 is 16.5 Å². The van der Waals surface area contributed by atoms with Crippen LogP contribution in [0.4, 0.5) is 0 Å². The lowest BCUT2D eigenvalue weighted by Gasteiger charge is -2.32. The van der Waals surface area contributed by atoms with E-state index in [4.69, 9.17) is 10.6 Å². The smallest absolute Gasteiger partial charge is 0.317 e. The molecule has 0 aliphatic carbocycles. The molecule has 1 atom stereocenters. The molecule has 1 aromatic rings. The van der Waals surface area contributed by atoms with Crippen molar-refractivity contribution < 1.29 is 39.0 Å². The van der Waals surface area contributed by atoms with Gasteiger partial charge in [0.2, 0.25) is 5.91 Å². The van der Waals surface area contributed by atoms with Crippen molar-refractivity contribution in [2.45, 2.75) is 26.1 Å². The summed E-state index contributed by atoms with van der Waals surface area (Å²) in [5.41, 5.74) is 9.42. The van der Waals surface area contributed by atoms with E-state index in [9.17, 15) is 34.2 Å². The van der Waals surface area contributed by atoms with Crippen molar-refractivity contribution in [3.63, 3.8) is 0 Å². The number of hydrogen-bond acceptors (Lipinski definition) is 11. The Morgan fingerprint density at radius 1 is 0.833 bits per heavy atom. The number of hydroxylamine groups is 1. The van der Waals surface area contributed by atoms with Crippen molar-refractivity contribution in [3.8, 4) is 0 Å². The van der Waals surface area contributed by atoms with Gasteiger partial charge in [0, 0.05) is 58.9 Å². The summed E-state index contributed by atoms with van der Waals surface area (Å²) in [5, 5.41) is 21.6. The van der Waals surface area contributed by atoms with Gasteiger partial charge in [-0.1, -0.05) is 24.3 Å². The third-order valence-corrected chi connectivity index (χ3v) is 6.69. The molecular weight excluding hydrogens is 550 g/mol. The molecule has 0 bridgehead atoms. The van der Waals surface area contributed by atoms with Gasteiger partial charge in [-0.05, 0) is 18.1 Å². The van der Waals surface area contributed by atoms with Crippen LogP contribution in [0.15, 0.2) is 24.3 Å². The Morgan fingerprint density at radius 3 is 1.74 bits per heavy atom. The van der Waals surface area contributed by atoms with E-state index in [1.165, 1.54) is 0 Å². The van der Waals surface area contributed by atoms with Gasteiger partial charge >= 0.3 is 11.9 Å². The van der Waals surface area contributed by atoms with E-state index in [0.29, 0.717) is 52.4 Å². The second-order valence-electron chi connectivity index (χ2n) is 10.2. The predicted molar refractivity (Wildman–Crippen MR) is 152 cm³/mol. The second-order valence-corrected chi connectivity index (χ2v) is 10.2. The number of carbonyl (C=O) groups excluding carboxylic acids is 3.